The van der Waals surface area contributed by atoms with Gasteiger partial charge in [0.15, 0.2) is 0 Å². The third kappa shape index (κ3) is 7.58. The van der Waals surface area contributed by atoms with E-state index in [-0.39, 0.29) is 24.8 Å². The predicted octanol–water partition coefficient (Wildman–Crippen LogP) is 4.57. The summed E-state index contributed by atoms with van der Waals surface area (Å²) < 4.78 is 7.41. The Morgan fingerprint density at radius 3 is 2.17 bits per heavy atom. The Bertz CT molecular complexity index is 1720. The van der Waals surface area contributed by atoms with E-state index in [1.54, 1.807) is 18.2 Å². The molecule has 42 heavy (non-hydrogen) atoms. The van der Waals surface area contributed by atoms with Crippen LogP contribution in [0.3, 0.4) is 0 Å². The lowest BCUT2D eigenvalue weighted by Gasteiger charge is -2.18. The van der Waals surface area contributed by atoms with E-state index in [1.165, 1.54) is 4.57 Å². The number of carbonyl (C=O) groups is 2. The lowest BCUT2D eigenvalue weighted by atomic mass is 9.98. The minimum Gasteiger partial charge on any atom is -0.507 e. The number of H-pyrrole nitrogens is 1. The fourth-order valence-electron chi connectivity index (χ4n) is 4.70. The monoisotopic (exact) mass is 568 g/mol. The van der Waals surface area contributed by atoms with Crippen molar-refractivity contribution in [3.63, 3.8) is 0 Å². The molecule has 4 aromatic rings. The standard InChI is InChI=1S/C33H32N2O7/c1-21(2)30-27(17-22-7-4-3-5-8-22)35(33(41)34-31(30)38)20-42-19-24-13-11-23(12-14-24)15-25-9-6-10-26(16-25)28(36)18-29(37)32(39)40/h3-14,16,18,21,36H,15,17,19-20H2,1-2H3,(H,39,40)(H,34,38,41). The summed E-state index contributed by atoms with van der Waals surface area (Å²) in [6.45, 7) is 4.07. The number of nitrogens with one attached hydrogen (secondary N) is 1. The van der Waals surface area contributed by atoms with Gasteiger partial charge in [-0.25, -0.2) is 9.59 Å². The Labute approximate surface area is 242 Å². The lowest BCUT2D eigenvalue weighted by molar-refractivity contribution is -0.146. The summed E-state index contributed by atoms with van der Waals surface area (Å²) in [5.41, 5.74) is 4.39. The van der Waals surface area contributed by atoms with E-state index >= 15 is 0 Å². The number of ketones is 1. The molecule has 0 spiro atoms. The second kappa shape index (κ2) is 13.6. The number of carbonyl (C=O) groups excluding carboxylic acids is 1. The molecular formula is C33H32N2O7. The molecule has 0 aliphatic carbocycles. The number of carboxylic acid groups (broad SMARTS) is 1. The minimum absolute atomic E-state index is 0.0204. The summed E-state index contributed by atoms with van der Waals surface area (Å²) >= 11 is 0. The van der Waals surface area contributed by atoms with E-state index in [1.807, 2.05) is 74.5 Å². The highest BCUT2D eigenvalue weighted by molar-refractivity contribution is 6.38. The maximum atomic E-state index is 12.8. The summed E-state index contributed by atoms with van der Waals surface area (Å²) in [4.78, 5) is 50.0. The first-order valence-electron chi connectivity index (χ1n) is 13.4. The smallest absolute Gasteiger partial charge is 0.376 e. The molecule has 0 amide bonds. The zero-order chi connectivity index (χ0) is 30.2. The number of carboxylic acids is 1. The van der Waals surface area contributed by atoms with Crippen LogP contribution in [0.4, 0.5) is 0 Å². The minimum atomic E-state index is -1.64. The molecule has 9 nitrogen and oxygen atoms in total. The number of aliphatic hydroxyl groups excluding tert-OH is 1. The first-order valence-corrected chi connectivity index (χ1v) is 13.4. The SMILES string of the molecule is CC(C)c1c(Cc2ccccc2)n(COCc2ccc(Cc3cccc(C(O)=CC(=O)C(=O)O)c3)cc2)c(=O)[nH]c1=O. The van der Waals surface area contributed by atoms with Crippen molar-refractivity contribution in [3.8, 4) is 0 Å². The van der Waals surface area contributed by atoms with E-state index in [2.05, 4.69) is 4.98 Å². The van der Waals surface area contributed by atoms with Gasteiger partial charge in [-0.15, -0.1) is 0 Å². The molecule has 3 N–H and O–H groups in total. The number of hydrogen-bond donors (Lipinski definition) is 3. The van der Waals surface area contributed by atoms with Crippen molar-refractivity contribution < 1.29 is 24.5 Å². The molecule has 0 fully saturated rings. The topological polar surface area (TPSA) is 139 Å². The number of aliphatic hydroxyl groups is 1. The van der Waals surface area contributed by atoms with Gasteiger partial charge in [-0.2, -0.15) is 0 Å². The van der Waals surface area contributed by atoms with Crippen molar-refractivity contribution in [1.29, 1.82) is 0 Å². The first-order chi connectivity index (χ1) is 20.1. The summed E-state index contributed by atoms with van der Waals surface area (Å²) in [7, 11) is 0. The van der Waals surface area contributed by atoms with Crippen molar-refractivity contribution in [2.75, 3.05) is 0 Å². The van der Waals surface area contributed by atoms with E-state index < -0.39 is 23.2 Å². The third-order valence-corrected chi connectivity index (χ3v) is 6.76. The molecule has 0 saturated heterocycles. The van der Waals surface area contributed by atoms with Crippen LogP contribution in [0.25, 0.3) is 5.76 Å². The van der Waals surface area contributed by atoms with Crippen LogP contribution in [-0.2, 0) is 40.5 Å². The number of hydrogen-bond acceptors (Lipinski definition) is 6. The number of aliphatic carboxylic acids is 1. The van der Waals surface area contributed by atoms with Gasteiger partial charge in [0, 0.05) is 29.3 Å². The maximum Gasteiger partial charge on any atom is 0.376 e. The van der Waals surface area contributed by atoms with Crippen LogP contribution in [0.2, 0.25) is 0 Å². The van der Waals surface area contributed by atoms with Crippen LogP contribution in [0.15, 0.2) is 94.5 Å². The number of rotatable bonds is 12. The number of aromatic amines is 1. The zero-order valence-electron chi connectivity index (χ0n) is 23.4. The third-order valence-electron chi connectivity index (χ3n) is 6.76. The Kier molecular flexibility index (Phi) is 9.67. The first kappa shape index (κ1) is 30.0. The van der Waals surface area contributed by atoms with Crippen molar-refractivity contribution in [2.45, 2.75) is 45.9 Å². The molecule has 3 aromatic carbocycles. The lowest BCUT2D eigenvalue weighted by Crippen LogP contribution is -2.36. The van der Waals surface area contributed by atoms with Crippen molar-refractivity contribution in [2.24, 2.45) is 0 Å². The highest BCUT2D eigenvalue weighted by Gasteiger charge is 2.18. The van der Waals surface area contributed by atoms with E-state index in [9.17, 15) is 24.3 Å². The Hall–Kier alpha value is -5.02. The molecule has 1 heterocycles. The van der Waals surface area contributed by atoms with Gasteiger partial charge in [0.1, 0.15) is 12.5 Å². The van der Waals surface area contributed by atoms with E-state index in [0.29, 0.717) is 35.7 Å². The highest BCUT2D eigenvalue weighted by Crippen LogP contribution is 2.19. The van der Waals surface area contributed by atoms with Crippen LogP contribution in [0.5, 0.6) is 0 Å². The van der Waals surface area contributed by atoms with E-state index in [4.69, 9.17) is 9.84 Å². The van der Waals surface area contributed by atoms with Crippen LogP contribution in [-0.4, -0.2) is 31.5 Å². The van der Waals surface area contributed by atoms with Crippen molar-refractivity contribution >= 4 is 17.5 Å². The molecule has 0 aliphatic rings. The fourth-order valence-corrected chi connectivity index (χ4v) is 4.70. The number of ether oxygens (including phenoxy) is 1. The molecule has 4 rings (SSSR count). The van der Waals surface area contributed by atoms with Crippen molar-refractivity contribution in [1.82, 2.24) is 9.55 Å². The molecule has 0 atom stereocenters. The van der Waals surface area contributed by atoms with Crippen LogP contribution in [0.1, 0.15) is 58.8 Å². The number of aromatic nitrogens is 2. The van der Waals surface area contributed by atoms with Gasteiger partial charge in [-0.1, -0.05) is 86.6 Å². The van der Waals surface area contributed by atoms with Gasteiger partial charge in [-0.3, -0.25) is 19.1 Å². The Morgan fingerprint density at radius 1 is 0.857 bits per heavy atom. The second-order valence-electron chi connectivity index (χ2n) is 10.2. The second-order valence-corrected chi connectivity index (χ2v) is 10.2. The molecule has 0 saturated carbocycles. The molecule has 9 heteroatoms. The van der Waals surface area contributed by atoms with Gasteiger partial charge in [0.05, 0.1) is 6.61 Å². The van der Waals surface area contributed by atoms with Gasteiger partial charge >= 0.3 is 11.7 Å². The summed E-state index contributed by atoms with van der Waals surface area (Å²) in [5, 5.41) is 18.9. The molecule has 0 bridgehead atoms. The number of nitrogens with zero attached hydrogens (tertiary/aromatic N) is 1. The molecule has 0 aliphatic heterocycles. The van der Waals surface area contributed by atoms with Gasteiger partial charge < -0.3 is 14.9 Å². The molecule has 1 aromatic heterocycles. The molecular weight excluding hydrogens is 536 g/mol. The average Bonchev–Trinajstić information content (AvgIpc) is 2.95. The largest absolute Gasteiger partial charge is 0.507 e. The quantitative estimate of drug-likeness (QED) is 0.129. The normalized spacial score (nSPS) is 11.5. The molecule has 0 unspecified atom stereocenters. The predicted molar refractivity (Wildman–Crippen MR) is 158 cm³/mol. The van der Waals surface area contributed by atoms with Gasteiger partial charge in [0.2, 0.25) is 0 Å². The van der Waals surface area contributed by atoms with Crippen LogP contribution >= 0.6 is 0 Å². The van der Waals surface area contributed by atoms with Crippen LogP contribution < -0.4 is 11.2 Å². The number of benzene rings is 3. The Morgan fingerprint density at radius 2 is 1.50 bits per heavy atom. The highest BCUT2D eigenvalue weighted by atomic mass is 16.5. The molecule has 216 valence electrons. The van der Waals surface area contributed by atoms with Gasteiger partial charge in [0.25, 0.3) is 11.3 Å². The van der Waals surface area contributed by atoms with Crippen LogP contribution in [0, 0.1) is 0 Å². The zero-order valence-corrected chi connectivity index (χ0v) is 23.4. The van der Waals surface area contributed by atoms with Crippen molar-refractivity contribution in [3.05, 3.63) is 145 Å². The summed E-state index contributed by atoms with van der Waals surface area (Å²) in [6.07, 6.45) is 1.66. The summed E-state index contributed by atoms with van der Waals surface area (Å²) in [6, 6.07) is 24.3. The average molecular weight is 569 g/mol. The molecule has 0 radical (unpaired) electrons. The maximum absolute atomic E-state index is 12.8. The fraction of sp³-hybridized carbons (Fsp3) is 0.212. The van der Waals surface area contributed by atoms with E-state index in [0.717, 1.165) is 22.3 Å². The Balaban J connectivity index is 1.44. The summed E-state index contributed by atoms with van der Waals surface area (Å²) in [5.74, 6) is -3.33. The van der Waals surface area contributed by atoms with Gasteiger partial charge in [-0.05, 0) is 40.7 Å².